The number of benzene rings is 2. The van der Waals surface area contributed by atoms with Gasteiger partial charge in [-0.1, -0.05) is 15.9 Å². The van der Waals surface area contributed by atoms with Crippen LogP contribution in [-0.2, 0) is 0 Å². The number of hydrogen-bond acceptors (Lipinski definition) is 3. The highest BCUT2D eigenvalue weighted by atomic mass is 79.9. The van der Waals surface area contributed by atoms with Gasteiger partial charge in [-0.25, -0.2) is 4.39 Å². The van der Waals surface area contributed by atoms with E-state index < -0.39 is 0 Å². The van der Waals surface area contributed by atoms with Crippen molar-refractivity contribution < 1.29 is 4.39 Å². The fourth-order valence-electron chi connectivity index (χ4n) is 1.86. The fourth-order valence-corrected chi connectivity index (χ4v) is 2.22. The van der Waals surface area contributed by atoms with Gasteiger partial charge in [-0.05, 0) is 30.3 Å². The van der Waals surface area contributed by atoms with Gasteiger partial charge >= 0.3 is 0 Å². The van der Waals surface area contributed by atoms with Crippen molar-refractivity contribution in [2.24, 2.45) is 0 Å². The zero-order valence-electron chi connectivity index (χ0n) is 9.74. The van der Waals surface area contributed by atoms with Crippen LogP contribution in [0.15, 0.2) is 41.0 Å². The Morgan fingerprint density at radius 2 is 2.05 bits per heavy atom. The maximum atomic E-state index is 13.7. The van der Waals surface area contributed by atoms with E-state index in [-0.39, 0.29) is 5.82 Å². The van der Waals surface area contributed by atoms with E-state index >= 15 is 0 Å². The van der Waals surface area contributed by atoms with E-state index in [9.17, 15) is 4.39 Å². The Labute approximate surface area is 116 Å². The summed E-state index contributed by atoms with van der Waals surface area (Å²) in [5, 5.41) is 10.7. The van der Waals surface area contributed by atoms with Gasteiger partial charge in [-0.3, -0.25) is 5.10 Å². The van der Waals surface area contributed by atoms with Crippen molar-refractivity contribution in [2.45, 2.75) is 0 Å². The van der Waals surface area contributed by atoms with E-state index in [1.165, 1.54) is 6.07 Å². The Morgan fingerprint density at radius 1 is 1.21 bits per heavy atom. The number of halogens is 2. The number of rotatable bonds is 2. The molecule has 0 aliphatic carbocycles. The molecule has 0 aliphatic rings. The van der Waals surface area contributed by atoms with Crippen molar-refractivity contribution in [1.29, 1.82) is 0 Å². The molecule has 1 heterocycles. The third-order valence-corrected chi connectivity index (χ3v) is 3.30. The van der Waals surface area contributed by atoms with Gasteiger partial charge in [-0.15, -0.1) is 0 Å². The Morgan fingerprint density at radius 3 is 2.89 bits per heavy atom. The quantitative estimate of drug-likeness (QED) is 0.629. The summed E-state index contributed by atoms with van der Waals surface area (Å²) in [6.45, 7) is 0. The molecule has 0 saturated carbocycles. The van der Waals surface area contributed by atoms with E-state index in [0.717, 1.165) is 15.4 Å². The van der Waals surface area contributed by atoms with Crippen molar-refractivity contribution in [3.05, 3.63) is 46.8 Å². The number of anilines is 3. The number of aromatic nitrogens is 2. The number of aromatic amines is 1. The van der Waals surface area contributed by atoms with Gasteiger partial charge in [0.2, 0.25) is 0 Å². The predicted octanol–water partition coefficient (Wildman–Crippen LogP) is 3.79. The highest BCUT2D eigenvalue weighted by Gasteiger charge is 2.07. The minimum atomic E-state index is -0.340. The summed E-state index contributed by atoms with van der Waals surface area (Å²) in [7, 11) is 0. The van der Waals surface area contributed by atoms with Crippen LogP contribution in [0.2, 0.25) is 0 Å². The minimum Gasteiger partial charge on any atom is -0.397 e. The predicted molar refractivity (Wildman–Crippen MR) is 77.9 cm³/mol. The van der Waals surface area contributed by atoms with Crippen LogP contribution in [0.5, 0.6) is 0 Å². The number of H-pyrrole nitrogens is 1. The Kier molecular flexibility index (Phi) is 2.87. The highest BCUT2D eigenvalue weighted by Crippen LogP contribution is 2.30. The van der Waals surface area contributed by atoms with Crippen LogP contribution in [0.25, 0.3) is 10.9 Å². The lowest BCUT2D eigenvalue weighted by atomic mass is 10.2. The van der Waals surface area contributed by atoms with E-state index in [2.05, 4.69) is 31.4 Å². The van der Waals surface area contributed by atoms with Crippen LogP contribution < -0.4 is 11.1 Å². The number of hydrogen-bond donors (Lipinski definition) is 3. The highest BCUT2D eigenvalue weighted by molar-refractivity contribution is 9.10. The molecule has 0 amide bonds. The molecule has 96 valence electrons. The topological polar surface area (TPSA) is 66.7 Å². The number of nitrogens with one attached hydrogen (secondary N) is 2. The van der Waals surface area contributed by atoms with Crippen LogP contribution in [0.4, 0.5) is 21.5 Å². The van der Waals surface area contributed by atoms with Crippen LogP contribution >= 0.6 is 15.9 Å². The Bertz CT molecular complexity index is 753. The smallest absolute Gasteiger partial charge is 0.146 e. The van der Waals surface area contributed by atoms with Gasteiger partial charge in [0.15, 0.2) is 0 Å². The summed E-state index contributed by atoms with van der Waals surface area (Å²) in [5.74, 6) is -0.340. The molecular weight excluding hydrogens is 311 g/mol. The van der Waals surface area contributed by atoms with E-state index in [4.69, 9.17) is 5.73 Å². The lowest BCUT2D eigenvalue weighted by Crippen LogP contribution is -1.98. The first-order valence-electron chi connectivity index (χ1n) is 5.58. The van der Waals surface area contributed by atoms with Gasteiger partial charge in [-0.2, -0.15) is 5.10 Å². The molecule has 4 nitrogen and oxygen atoms in total. The number of nitrogen functional groups attached to an aromatic ring is 1. The third-order valence-electron chi connectivity index (χ3n) is 2.81. The molecule has 0 spiro atoms. The largest absolute Gasteiger partial charge is 0.397 e. The summed E-state index contributed by atoms with van der Waals surface area (Å²) in [6.07, 6.45) is 1.69. The van der Waals surface area contributed by atoms with Crippen molar-refractivity contribution in [1.82, 2.24) is 10.2 Å². The van der Waals surface area contributed by atoms with Gasteiger partial charge in [0.05, 0.1) is 28.8 Å². The first-order chi connectivity index (χ1) is 9.13. The second kappa shape index (κ2) is 4.55. The Hall–Kier alpha value is -2.08. The van der Waals surface area contributed by atoms with Crippen LogP contribution in [0.1, 0.15) is 0 Å². The molecule has 6 heteroatoms. The molecular formula is C13H10BrFN4. The average molecular weight is 321 g/mol. The molecule has 19 heavy (non-hydrogen) atoms. The average Bonchev–Trinajstić information content (AvgIpc) is 2.81. The fraction of sp³-hybridized carbons (Fsp3) is 0. The monoisotopic (exact) mass is 320 g/mol. The number of fused-ring (bicyclic) bond motifs is 1. The van der Waals surface area contributed by atoms with Crippen molar-refractivity contribution in [3.63, 3.8) is 0 Å². The van der Waals surface area contributed by atoms with E-state index in [1.807, 2.05) is 0 Å². The molecule has 0 saturated heterocycles. The van der Waals surface area contributed by atoms with Crippen molar-refractivity contribution in [2.75, 3.05) is 11.1 Å². The van der Waals surface area contributed by atoms with Gasteiger partial charge < -0.3 is 11.1 Å². The van der Waals surface area contributed by atoms with Crippen molar-refractivity contribution in [3.8, 4) is 0 Å². The molecule has 3 aromatic rings. The lowest BCUT2D eigenvalue weighted by molar-refractivity contribution is 0.631. The normalized spacial score (nSPS) is 10.8. The second-order valence-corrected chi connectivity index (χ2v) is 5.06. The third kappa shape index (κ3) is 2.26. The molecule has 0 radical (unpaired) electrons. The summed E-state index contributed by atoms with van der Waals surface area (Å²) in [4.78, 5) is 0. The molecule has 0 unspecified atom stereocenters. The van der Waals surface area contributed by atoms with Crippen molar-refractivity contribution >= 4 is 43.9 Å². The Balaban J connectivity index is 2.04. The molecule has 0 bridgehead atoms. The molecule has 2 aromatic carbocycles. The molecule has 0 fully saturated rings. The maximum Gasteiger partial charge on any atom is 0.146 e. The zero-order valence-corrected chi connectivity index (χ0v) is 11.3. The van der Waals surface area contributed by atoms with Crippen LogP contribution in [0.3, 0.4) is 0 Å². The molecule has 0 aliphatic heterocycles. The van der Waals surface area contributed by atoms with Gasteiger partial charge in [0.25, 0.3) is 0 Å². The zero-order chi connectivity index (χ0) is 13.4. The van der Waals surface area contributed by atoms with E-state index in [1.54, 1.807) is 30.5 Å². The molecule has 4 N–H and O–H groups in total. The second-order valence-electron chi connectivity index (χ2n) is 4.15. The maximum absolute atomic E-state index is 13.7. The van der Waals surface area contributed by atoms with Crippen LogP contribution in [0, 0.1) is 5.82 Å². The summed E-state index contributed by atoms with van der Waals surface area (Å²) >= 11 is 3.31. The first kappa shape index (κ1) is 12.0. The molecule has 3 rings (SSSR count). The molecule has 0 atom stereocenters. The standard InChI is InChI=1S/C13H10BrFN4/c14-8-1-2-9(15)12(4-8)18-13-5-11-7(3-10(13)16)6-17-19-11/h1-6,18H,16H2,(H,17,19). The first-order valence-corrected chi connectivity index (χ1v) is 6.37. The minimum absolute atomic E-state index is 0.340. The van der Waals surface area contributed by atoms with E-state index in [0.29, 0.717) is 17.1 Å². The molecule has 1 aromatic heterocycles. The number of nitrogens with zero attached hydrogens (tertiary/aromatic N) is 1. The van der Waals surface area contributed by atoms with Crippen LogP contribution in [-0.4, -0.2) is 10.2 Å². The SMILES string of the molecule is Nc1cc2cn[nH]c2cc1Nc1cc(Br)ccc1F. The van der Waals surface area contributed by atoms with Gasteiger partial charge in [0, 0.05) is 9.86 Å². The summed E-state index contributed by atoms with van der Waals surface area (Å²) in [5.41, 5.74) is 8.31. The number of nitrogens with two attached hydrogens (primary N) is 1. The lowest BCUT2D eigenvalue weighted by Gasteiger charge is -2.10. The summed E-state index contributed by atoms with van der Waals surface area (Å²) < 4.78 is 14.5. The van der Waals surface area contributed by atoms with Gasteiger partial charge in [0.1, 0.15) is 5.82 Å². The summed E-state index contributed by atoms with van der Waals surface area (Å²) in [6, 6.07) is 8.28.